The molecule has 1 fully saturated rings. The minimum Gasteiger partial charge on any atom is -0.355 e. The lowest BCUT2D eigenvalue weighted by Gasteiger charge is -2.26. The largest absolute Gasteiger partial charge is 0.355 e. The number of alkyl halides is 1. The summed E-state index contributed by atoms with van der Waals surface area (Å²) in [5, 5.41) is 0.877. The maximum absolute atomic E-state index is 4.55. The van der Waals surface area contributed by atoms with Crippen LogP contribution in [0.3, 0.4) is 0 Å². The van der Waals surface area contributed by atoms with E-state index in [0.717, 1.165) is 37.3 Å². The van der Waals surface area contributed by atoms with Gasteiger partial charge in [-0.1, -0.05) is 35.8 Å². The fraction of sp³-hybridized carbons (Fsp3) is 0.643. The molecule has 1 aliphatic rings. The van der Waals surface area contributed by atoms with Crippen LogP contribution in [0.4, 0.5) is 5.82 Å². The minimum absolute atomic E-state index is 0.692. The molecule has 2 rings (SSSR count). The number of rotatable bonds is 5. The highest BCUT2D eigenvalue weighted by Crippen LogP contribution is 2.21. The van der Waals surface area contributed by atoms with E-state index in [1.54, 1.807) is 0 Å². The van der Waals surface area contributed by atoms with Crippen LogP contribution in [0.5, 0.6) is 0 Å². The van der Waals surface area contributed by atoms with Crippen LogP contribution in [0.1, 0.15) is 25.8 Å². The molecule has 2 heterocycles. The van der Waals surface area contributed by atoms with Gasteiger partial charge in [0.15, 0.2) is 0 Å². The number of hydrogen-bond donors (Lipinski definition) is 0. The first-order valence-corrected chi connectivity index (χ1v) is 7.90. The van der Waals surface area contributed by atoms with Crippen molar-refractivity contribution in [2.45, 2.75) is 31.6 Å². The quantitative estimate of drug-likeness (QED) is 0.779. The van der Waals surface area contributed by atoms with Crippen molar-refractivity contribution in [1.82, 2.24) is 9.88 Å². The summed E-state index contributed by atoms with van der Waals surface area (Å²) in [5.41, 5.74) is 1.23. The lowest BCUT2D eigenvalue weighted by molar-refractivity contribution is 0.232. The molecule has 3 nitrogen and oxygen atoms in total. The van der Waals surface area contributed by atoms with Crippen molar-refractivity contribution >= 4 is 21.7 Å². The molecule has 0 N–H and O–H groups in total. The second kappa shape index (κ2) is 6.53. The van der Waals surface area contributed by atoms with Crippen molar-refractivity contribution < 1.29 is 0 Å². The van der Waals surface area contributed by atoms with Crippen molar-refractivity contribution in [3.8, 4) is 0 Å². The summed E-state index contributed by atoms with van der Waals surface area (Å²) in [7, 11) is 0. The van der Waals surface area contributed by atoms with Gasteiger partial charge in [0.2, 0.25) is 0 Å². The van der Waals surface area contributed by atoms with Crippen molar-refractivity contribution in [2.75, 3.05) is 31.1 Å². The van der Waals surface area contributed by atoms with Crippen LogP contribution in [0.2, 0.25) is 0 Å². The van der Waals surface area contributed by atoms with Crippen LogP contribution in [0.25, 0.3) is 0 Å². The average Bonchev–Trinajstić information content (AvgIpc) is 2.90. The van der Waals surface area contributed by atoms with Gasteiger partial charge in [-0.2, -0.15) is 0 Å². The van der Waals surface area contributed by atoms with Crippen LogP contribution in [-0.2, 0) is 5.33 Å². The van der Waals surface area contributed by atoms with E-state index in [-0.39, 0.29) is 0 Å². The number of likely N-dealkylation sites (N-methyl/N-ethyl adjacent to an activating group) is 1. The summed E-state index contributed by atoms with van der Waals surface area (Å²) in [6.07, 6.45) is 3.22. The van der Waals surface area contributed by atoms with Crippen LogP contribution < -0.4 is 4.90 Å². The molecule has 1 unspecified atom stereocenters. The molecular formula is C14H22BrN3. The Balaban J connectivity index is 1.99. The first-order chi connectivity index (χ1) is 8.78. The molecule has 1 aromatic rings. The maximum Gasteiger partial charge on any atom is 0.128 e. The van der Waals surface area contributed by atoms with Gasteiger partial charge in [0.25, 0.3) is 0 Å². The van der Waals surface area contributed by atoms with Crippen molar-refractivity contribution in [2.24, 2.45) is 0 Å². The zero-order valence-corrected chi connectivity index (χ0v) is 12.9. The molecule has 0 aliphatic carbocycles. The summed E-state index contributed by atoms with van der Waals surface area (Å²) in [6, 6.07) is 4.99. The fourth-order valence-electron chi connectivity index (χ4n) is 2.67. The summed E-state index contributed by atoms with van der Waals surface area (Å²) in [5.74, 6) is 1.12. The lowest BCUT2D eigenvalue weighted by Crippen LogP contribution is -2.37. The summed E-state index contributed by atoms with van der Waals surface area (Å²) < 4.78 is 0. The standard InChI is InChI=1S/C14H22BrN3/c1-3-17(4-2)13-7-8-18(11-13)14-6-5-12(9-15)10-16-14/h5-6,10,13H,3-4,7-9,11H2,1-2H3. The Labute approximate surface area is 118 Å². The lowest BCUT2D eigenvalue weighted by atomic mass is 10.2. The molecule has 0 aromatic carbocycles. The van der Waals surface area contributed by atoms with E-state index < -0.39 is 0 Å². The molecule has 100 valence electrons. The third-order valence-corrected chi connectivity index (χ3v) is 4.43. The molecule has 0 radical (unpaired) electrons. The maximum atomic E-state index is 4.55. The Bertz CT molecular complexity index is 362. The molecule has 4 heteroatoms. The van der Waals surface area contributed by atoms with Crippen LogP contribution in [-0.4, -0.2) is 42.1 Å². The molecule has 1 saturated heterocycles. The number of pyridine rings is 1. The van der Waals surface area contributed by atoms with Gasteiger partial charge in [-0.3, -0.25) is 4.90 Å². The Kier molecular flexibility index (Phi) is 5.01. The highest BCUT2D eigenvalue weighted by molar-refractivity contribution is 9.08. The van der Waals surface area contributed by atoms with Crippen LogP contribution in [0.15, 0.2) is 18.3 Å². The zero-order chi connectivity index (χ0) is 13.0. The van der Waals surface area contributed by atoms with Crippen LogP contribution in [0, 0.1) is 0 Å². The topological polar surface area (TPSA) is 19.4 Å². The SMILES string of the molecule is CCN(CC)C1CCN(c2ccc(CBr)cn2)C1. The summed E-state index contributed by atoms with van der Waals surface area (Å²) in [6.45, 7) is 9.02. The first kappa shape index (κ1) is 13.8. The number of nitrogens with zero attached hydrogens (tertiary/aromatic N) is 3. The zero-order valence-electron chi connectivity index (χ0n) is 11.3. The Morgan fingerprint density at radius 1 is 1.39 bits per heavy atom. The van der Waals surface area contributed by atoms with Crippen molar-refractivity contribution in [1.29, 1.82) is 0 Å². The third-order valence-electron chi connectivity index (χ3n) is 3.78. The van der Waals surface area contributed by atoms with E-state index >= 15 is 0 Å². The van der Waals surface area contributed by atoms with Gasteiger partial charge in [0.1, 0.15) is 5.82 Å². The molecule has 0 spiro atoms. The number of halogens is 1. The number of aromatic nitrogens is 1. The average molecular weight is 312 g/mol. The predicted octanol–water partition coefficient (Wildman–Crippen LogP) is 2.90. The normalized spacial score (nSPS) is 19.8. The number of anilines is 1. The third kappa shape index (κ3) is 3.04. The molecular weight excluding hydrogens is 290 g/mol. The van der Waals surface area contributed by atoms with Gasteiger partial charge in [-0.15, -0.1) is 0 Å². The van der Waals surface area contributed by atoms with E-state index in [1.165, 1.54) is 12.0 Å². The van der Waals surface area contributed by atoms with Gasteiger partial charge >= 0.3 is 0 Å². The van der Waals surface area contributed by atoms with E-state index in [2.05, 4.69) is 56.7 Å². The van der Waals surface area contributed by atoms with E-state index in [9.17, 15) is 0 Å². The van der Waals surface area contributed by atoms with Gasteiger partial charge in [0.05, 0.1) is 0 Å². The van der Waals surface area contributed by atoms with Crippen LogP contribution >= 0.6 is 15.9 Å². The van der Waals surface area contributed by atoms with E-state index in [0.29, 0.717) is 6.04 Å². The molecule has 0 amide bonds. The first-order valence-electron chi connectivity index (χ1n) is 6.78. The predicted molar refractivity (Wildman–Crippen MR) is 80.4 cm³/mol. The summed E-state index contributed by atoms with van der Waals surface area (Å²) in [4.78, 5) is 9.51. The minimum atomic E-state index is 0.692. The molecule has 1 aromatic heterocycles. The smallest absolute Gasteiger partial charge is 0.128 e. The van der Waals surface area contributed by atoms with Gasteiger partial charge in [-0.25, -0.2) is 4.98 Å². The highest BCUT2D eigenvalue weighted by atomic mass is 79.9. The molecule has 0 bridgehead atoms. The molecule has 1 aliphatic heterocycles. The van der Waals surface area contributed by atoms with Gasteiger partial charge < -0.3 is 4.90 Å². The van der Waals surface area contributed by atoms with Crippen molar-refractivity contribution in [3.63, 3.8) is 0 Å². The fourth-order valence-corrected chi connectivity index (χ4v) is 3.00. The van der Waals surface area contributed by atoms with E-state index in [1.807, 2.05) is 6.20 Å². The second-order valence-electron chi connectivity index (χ2n) is 4.77. The molecule has 0 saturated carbocycles. The van der Waals surface area contributed by atoms with Crippen molar-refractivity contribution in [3.05, 3.63) is 23.9 Å². The molecule has 1 atom stereocenters. The Hall–Kier alpha value is -0.610. The Morgan fingerprint density at radius 2 is 2.17 bits per heavy atom. The Morgan fingerprint density at radius 3 is 2.72 bits per heavy atom. The number of hydrogen-bond acceptors (Lipinski definition) is 3. The summed E-state index contributed by atoms with van der Waals surface area (Å²) >= 11 is 3.45. The molecule has 18 heavy (non-hydrogen) atoms. The monoisotopic (exact) mass is 311 g/mol. The van der Waals surface area contributed by atoms with Gasteiger partial charge in [0, 0.05) is 30.7 Å². The van der Waals surface area contributed by atoms with Gasteiger partial charge in [-0.05, 0) is 31.1 Å². The highest BCUT2D eigenvalue weighted by Gasteiger charge is 2.26. The second-order valence-corrected chi connectivity index (χ2v) is 5.33. The van der Waals surface area contributed by atoms with E-state index in [4.69, 9.17) is 0 Å².